The Bertz CT molecular complexity index is 440. The van der Waals surface area contributed by atoms with Crippen LogP contribution in [0, 0.1) is 23.7 Å². The molecule has 2 fully saturated rings. The van der Waals surface area contributed by atoms with Crippen LogP contribution in [0.2, 0.25) is 0 Å². The Kier molecular flexibility index (Phi) is 5.99. The van der Waals surface area contributed by atoms with Gasteiger partial charge < -0.3 is 10.2 Å². The molecule has 6 atom stereocenters. The highest BCUT2D eigenvalue weighted by atomic mass is 16.3. The first kappa shape index (κ1) is 17.4. The summed E-state index contributed by atoms with van der Waals surface area (Å²) in [6.07, 6.45) is 8.37. The van der Waals surface area contributed by atoms with Gasteiger partial charge >= 0.3 is 0 Å². The van der Waals surface area contributed by atoms with Crippen molar-refractivity contribution in [2.75, 3.05) is 0 Å². The van der Waals surface area contributed by atoms with Crippen LogP contribution in [0.3, 0.4) is 0 Å². The van der Waals surface area contributed by atoms with E-state index in [2.05, 4.69) is 20.4 Å². The van der Waals surface area contributed by atoms with Crippen LogP contribution in [-0.4, -0.2) is 28.2 Å². The third-order valence-electron chi connectivity index (χ3n) is 5.37. The fourth-order valence-corrected chi connectivity index (χ4v) is 4.06. The average molecular weight is 306 g/mol. The highest BCUT2D eigenvalue weighted by Crippen LogP contribution is 2.48. The van der Waals surface area contributed by atoms with Crippen LogP contribution in [0.4, 0.5) is 0 Å². The minimum absolute atomic E-state index is 0.0196. The van der Waals surface area contributed by atoms with Gasteiger partial charge in [-0.05, 0) is 36.7 Å². The van der Waals surface area contributed by atoms with Crippen molar-refractivity contribution in [1.82, 2.24) is 0 Å². The lowest BCUT2D eigenvalue weighted by Crippen LogP contribution is -2.18. The number of unbranched alkanes of at least 4 members (excludes halogenated alkanes) is 1. The van der Waals surface area contributed by atoms with Gasteiger partial charge in [0.05, 0.1) is 12.2 Å². The molecule has 2 aliphatic carbocycles. The van der Waals surface area contributed by atoms with Gasteiger partial charge in [0.15, 0.2) is 5.78 Å². The average Bonchev–Trinajstić information content (AvgIpc) is 2.91. The zero-order valence-corrected chi connectivity index (χ0v) is 13.9. The number of ketones is 1. The molecule has 2 N–H and O–H groups in total. The number of carbonyl (C=O) groups excluding carboxylic acids is 1. The number of hydrogen-bond donors (Lipinski definition) is 2. The SMILES string of the molecule is C=C1C[C@H]2[C@H](/C=C/[C@@H](O)C[C@H](C)CCCC)[C@H](O)C[C@@H]2C1=O. The highest BCUT2D eigenvalue weighted by Gasteiger charge is 2.49. The third kappa shape index (κ3) is 3.88. The number of allylic oxidation sites excluding steroid dienone is 1. The van der Waals surface area contributed by atoms with Gasteiger partial charge in [-0.25, -0.2) is 0 Å². The van der Waals surface area contributed by atoms with Crippen molar-refractivity contribution in [3.05, 3.63) is 24.3 Å². The molecule has 3 nitrogen and oxygen atoms in total. The first-order valence-electron chi connectivity index (χ1n) is 8.70. The Morgan fingerprint density at radius 1 is 1.45 bits per heavy atom. The summed E-state index contributed by atoms with van der Waals surface area (Å²) >= 11 is 0. The molecule has 0 spiro atoms. The summed E-state index contributed by atoms with van der Waals surface area (Å²) in [6.45, 7) is 8.19. The molecule has 0 amide bonds. The van der Waals surface area contributed by atoms with E-state index in [1.54, 1.807) is 0 Å². The standard InChI is InChI=1S/C19H30O3/c1-4-5-6-12(2)9-14(20)7-8-15-16-10-13(3)19(22)17(16)11-18(15)21/h7-8,12,14-18,20-21H,3-6,9-11H2,1-2H3/b8-7+/t12-,14-,15+,16+,17+,18-/m1/s1. The van der Waals surface area contributed by atoms with Crippen LogP contribution in [0.1, 0.15) is 52.4 Å². The maximum atomic E-state index is 12.0. The van der Waals surface area contributed by atoms with E-state index in [1.807, 2.05) is 12.2 Å². The van der Waals surface area contributed by atoms with Crippen molar-refractivity contribution in [2.24, 2.45) is 23.7 Å². The molecular weight excluding hydrogens is 276 g/mol. The topological polar surface area (TPSA) is 57.5 Å². The van der Waals surface area contributed by atoms with Crippen LogP contribution >= 0.6 is 0 Å². The van der Waals surface area contributed by atoms with Crippen LogP contribution in [0.15, 0.2) is 24.3 Å². The minimum Gasteiger partial charge on any atom is -0.392 e. The Labute approximate surface area is 134 Å². The Hall–Kier alpha value is -0.930. The van der Waals surface area contributed by atoms with Crippen LogP contribution in [0.5, 0.6) is 0 Å². The van der Waals surface area contributed by atoms with Gasteiger partial charge in [-0.1, -0.05) is 51.8 Å². The molecule has 124 valence electrons. The van der Waals surface area contributed by atoms with Crippen molar-refractivity contribution in [3.8, 4) is 0 Å². The molecule has 3 heteroatoms. The first-order valence-corrected chi connectivity index (χ1v) is 8.70. The molecule has 0 aliphatic heterocycles. The molecule has 0 radical (unpaired) electrons. The van der Waals surface area contributed by atoms with Gasteiger partial charge in [-0.3, -0.25) is 4.79 Å². The van der Waals surface area contributed by atoms with Gasteiger partial charge in [-0.15, -0.1) is 0 Å². The summed E-state index contributed by atoms with van der Waals surface area (Å²) in [7, 11) is 0. The lowest BCUT2D eigenvalue weighted by atomic mass is 9.89. The summed E-state index contributed by atoms with van der Waals surface area (Å²) in [6, 6.07) is 0. The Morgan fingerprint density at radius 2 is 2.18 bits per heavy atom. The van der Waals surface area contributed by atoms with E-state index in [1.165, 1.54) is 12.8 Å². The molecule has 2 aliphatic rings. The number of rotatable bonds is 7. The number of fused-ring (bicyclic) bond motifs is 1. The minimum atomic E-state index is -0.465. The zero-order valence-electron chi connectivity index (χ0n) is 13.9. The van der Waals surface area contributed by atoms with Crippen molar-refractivity contribution in [3.63, 3.8) is 0 Å². The lowest BCUT2D eigenvalue weighted by molar-refractivity contribution is -0.118. The third-order valence-corrected chi connectivity index (χ3v) is 5.37. The zero-order chi connectivity index (χ0) is 16.3. The van der Waals surface area contributed by atoms with Gasteiger partial charge in [0.2, 0.25) is 0 Å². The fourth-order valence-electron chi connectivity index (χ4n) is 4.06. The van der Waals surface area contributed by atoms with Crippen molar-refractivity contribution in [1.29, 1.82) is 0 Å². The van der Waals surface area contributed by atoms with E-state index in [0.29, 0.717) is 24.3 Å². The smallest absolute Gasteiger partial charge is 0.161 e. The molecule has 22 heavy (non-hydrogen) atoms. The second kappa shape index (κ2) is 7.56. The molecule has 0 heterocycles. The molecule has 0 aromatic heterocycles. The Morgan fingerprint density at radius 3 is 2.86 bits per heavy atom. The molecular formula is C19H30O3. The monoisotopic (exact) mass is 306 g/mol. The van der Waals surface area contributed by atoms with Crippen LogP contribution in [-0.2, 0) is 4.79 Å². The van der Waals surface area contributed by atoms with E-state index < -0.39 is 12.2 Å². The first-order chi connectivity index (χ1) is 10.4. The number of aliphatic hydroxyl groups excluding tert-OH is 2. The quantitative estimate of drug-likeness (QED) is 0.560. The fraction of sp³-hybridized carbons (Fsp3) is 0.737. The van der Waals surface area contributed by atoms with Crippen molar-refractivity contribution >= 4 is 5.78 Å². The molecule has 0 saturated heterocycles. The van der Waals surface area contributed by atoms with Gasteiger partial charge in [0.1, 0.15) is 0 Å². The predicted molar refractivity (Wildman–Crippen MR) is 88.3 cm³/mol. The van der Waals surface area contributed by atoms with Gasteiger partial charge in [-0.2, -0.15) is 0 Å². The molecule has 0 bridgehead atoms. The van der Waals surface area contributed by atoms with E-state index in [-0.39, 0.29) is 23.5 Å². The van der Waals surface area contributed by atoms with Gasteiger partial charge in [0, 0.05) is 11.8 Å². The number of hydrogen-bond acceptors (Lipinski definition) is 3. The number of Topliss-reactive ketones (excluding diaryl/α,β-unsaturated/α-hetero) is 1. The summed E-state index contributed by atoms with van der Waals surface area (Å²) in [5.74, 6) is 0.741. The highest BCUT2D eigenvalue weighted by molar-refractivity contribution is 5.99. The van der Waals surface area contributed by atoms with Crippen LogP contribution < -0.4 is 0 Å². The van der Waals surface area contributed by atoms with Crippen molar-refractivity contribution < 1.29 is 15.0 Å². The van der Waals surface area contributed by atoms with E-state index in [0.717, 1.165) is 12.8 Å². The number of carbonyl (C=O) groups is 1. The van der Waals surface area contributed by atoms with Crippen LogP contribution in [0.25, 0.3) is 0 Å². The van der Waals surface area contributed by atoms with E-state index in [9.17, 15) is 15.0 Å². The molecule has 2 saturated carbocycles. The van der Waals surface area contributed by atoms with Crippen molar-refractivity contribution in [2.45, 2.75) is 64.6 Å². The van der Waals surface area contributed by atoms with Gasteiger partial charge in [0.25, 0.3) is 0 Å². The summed E-state index contributed by atoms with van der Waals surface area (Å²) < 4.78 is 0. The lowest BCUT2D eigenvalue weighted by Gasteiger charge is -2.18. The number of aliphatic hydroxyl groups is 2. The summed E-state index contributed by atoms with van der Waals surface area (Å²) in [5, 5.41) is 20.4. The summed E-state index contributed by atoms with van der Waals surface area (Å²) in [4.78, 5) is 12.0. The Balaban J connectivity index is 1.89. The molecule has 2 rings (SSSR count). The largest absolute Gasteiger partial charge is 0.392 e. The summed E-state index contributed by atoms with van der Waals surface area (Å²) in [5.41, 5.74) is 0.703. The molecule has 0 unspecified atom stereocenters. The predicted octanol–water partition coefficient (Wildman–Crippen LogP) is 3.26. The van der Waals surface area contributed by atoms with E-state index >= 15 is 0 Å². The van der Waals surface area contributed by atoms with E-state index in [4.69, 9.17) is 0 Å². The second-order valence-electron chi connectivity index (χ2n) is 7.26. The molecule has 0 aromatic carbocycles. The maximum Gasteiger partial charge on any atom is 0.161 e. The second-order valence-corrected chi connectivity index (χ2v) is 7.26. The molecule has 0 aromatic rings. The normalized spacial score (nSPS) is 34.4. The maximum absolute atomic E-state index is 12.0.